The molecule has 0 fully saturated rings. The summed E-state index contributed by atoms with van der Waals surface area (Å²) in [5, 5.41) is 7.76. The summed E-state index contributed by atoms with van der Waals surface area (Å²) in [6.07, 6.45) is 3.03. The van der Waals surface area contributed by atoms with Gasteiger partial charge in [-0.1, -0.05) is 18.2 Å². The van der Waals surface area contributed by atoms with Crippen molar-refractivity contribution in [3.8, 4) is 0 Å². The van der Waals surface area contributed by atoms with E-state index in [1.807, 2.05) is 0 Å². The summed E-state index contributed by atoms with van der Waals surface area (Å²) < 4.78 is 15.3. The van der Waals surface area contributed by atoms with Crippen molar-refractivity contribution in [2.24, 2.45) is 0 Å². The van der Waals surface area contributed by atoms with E-state index < -0.39 is 0 Å². The largest absolute Gasteiger partial charge is 0.396 e. The molecule has 0 saturated heterocycles. The van der Waals surface area contributed by atoms with E-state index in [1.54, 1.807) is 29.1 Å². The minimum absolute atomic E-state index is 0.254. The van der Waals surface area contributed by atoms with Gasteiger partial charge in [-0.3, -0.25) is 0 Å². The fourth-order valence-electron chi connectivity index (χ4n) is 1.82. The third kappa shape index (κ3) is 1.67. The van der Waals surface area contributed by atoms with Gasteiger partial charge in [-0.25, -0.2) is 9.37 Å². The summed E-state index contributed by atoms with van der Waals surface area (Å²) in [6.45, 7) is 0.349. The Kier molecular flexibility index (Phi) is 2.40. The van der Waals surface area contributed by atoms with Crippen molar-refractivity contribution in [1.29, 1.82) is 0 Å². The summed E-state index contributed by atoms with van der Waals surface area (Å²) >= 11 is 0. The van der Waals surface area contributed by atoms with Crippen LogP contribution in [-0.4, -0.2) is 19.7 Å². The molecule has 2 aromatic heterocycles. The highest BCUT2D eigenvalue weighted by atomic mass is 19.1. The maximum Gasteiger partial charge on any atom is 0.184 e. The minimum atomic E-state index is -0.254. The van der Waals surface area contributed by atoms with E-state index in [2.05, 4.69) is 15.2 Å². The zero-order valence-corrected chi connectivity index (χ0v) is 9.42. The van der Waals surface area contributed by atoms with Crippen molar-refractivity contribution in [2.75, 3.05) is 5.73 Å². The topological polar surface area (TPSA) is 69.6 Å². The van der Waals surface area contributed by atoms with E-state index in [4.69, 9.17) is 5.73 Å². The van der Waals surface area contributed by atoms with Gasteiger partial charge < -0.3 is 10.3 Å². The second-order valence-electron chi connectivity index (χ2n) is 3.94. The molecule has 90 valence electrons. The predicted molar refractivity (Wildman–Crippen MR) is 65.2 cm³/mol. The normalized spacial score (nSPS) is 10.9. The van der Waals surface area contributed by atoms with Crippen LogP contribution < -0.4 is 5.73 Å². The first-order valence-corrected chi connectivity index (χ1v) is 5.41. The van der Waals surface area contributed by atoms with Crippen LogP contribution in [0, 0.1) is 5.82 Å². The molecule has 0 aliphatic rings. The Morgan fingerprint density at radius 3 is 2.94 bits per heavy atom. The molecule has 0 bridgehead atoms. The summed E-state index contributed by atoms with van der Waals surface area (Å²) in [5.74, 6) is -0.254. The lowest BCUT2D eigenvalue weighted by molar-refractivity contribution is 0.601. The van der Waals surface area contributed by atoms with Gasteiger partial charge in [0.15, 0.2) is 5.65 Å². The standard InChI is InChI=1S/C12H10FN5/c13-9-4-2-1-3-8(9)6-18-7-15-11-10(14)5-16-17-12(11)18/h1-5,7H,6H2,(H2,14,17). The van der Waals surface area contributed by atoms with Gasteiger partial charge >= 0.3 is 0 Å². The van der Waals surface area contributed by atoms with Gasteiger partial charge in [0.05, 0.1) is 24.8 Å². The van der Waals surface area contributed by atoms with Gasteiger partial charge in [0.25, 0.3) is 0 Å². The monoisotopic (exact) mass is 243 g/mol. The Bertz CT molecular complexity index is 707. The molecule has 0 atom stereocenters. The number of benzene rings is 1. The minimum Gasteiger partial charge on any atom is -0.396 e. The number of halogens is 1. The molecule has 0 amide bonds. The first kappa shape index (κ1) is 10.6. The number of anilines is 1. The summed E-state index contributed by atoms with van der Waals surface area (Å²) in [7, 11) is 0. The molecule has 0 aliphatic carbocycles. The lowest BCUT2D eigenvalue weighted by Crippen LogP contribution is -2.02. The third-order valence-electron chi connectivity index (χ3n) is 2.73. The summed E-state index contributed by atoms with van der Waals surface area (Å²) in [6, 6.07) is 6.59. The van der Waals surface area contributed by atoms with Crippen molar-refractivity contribution >= 4 is 16.9 Å². The Hall–Kier alpha value is -2.50. The number of aromatic nitrogens is 4. The summed E-state index contributed by atoms with van der Waals surface area (Å²) in [4.78, 5) is 4.16. The van der Waals surface area contributed by atoms with Crippen LogP contribution in [-0.2, 0) is 6.54 Å². The molecule has 0 spiro atoms. The average molecular weight is 243 g/mol. The molecular formula is C12H10FN5. The number of hydrogen-bond acceptors (Lipinski definition) is 4. The molecule has 6 heteroatoms. The SMILES string of the molecule is Nc1cnnc2c1ncn2Cc1ccccc1F. The van der Waals surface area contributed by atoms with E-state index in [9.17, 15) is 4.39 Å². The van der Waals surface area contributed by atoms with Crippen LogP contribution in [0.3, 0.4) is 0 Å². The number of nitrogens with zero attached hydrogens (tertiary/aromatic N) is 4. The van der Waals surface area contributed by atoms with Crippen molar-refractivity contribution in [1.82, 2.24) is 19.7 Å². The maximum atomic E-state index is 13.6. The molecule has 0 saturated carbocycles. The van der Waals surface area contributed by atoms with Gasteiger partial charge in [-0.2, -0.15) is 5.10 Å². The fourth-order valence-corrected chi connectivity index (χ4v) is 1.82. The molecule has 3 rings (SSSR count). The first-order chi connectivity index (χ1) is 8.75. The maximum absolute atomic E-state index is 13.6. The van der Waals surface area contributed by atoms with Crippen LogP contribution in [0.5, 0.6) is 0 Å². The molecule has 2 heterocycles. The first-order valence-electron chi connectivity index (χ1n) is 5.41. The van der Waals surface area contributed by atoms with E-state index >= 15 is 0 Å². The van der Waals surface area contributed by atoms with Crippen molar-refractivity contribution in [3.63, 3.8) is 0 Å². The van der Waals surface area contributed by atoms with Crippen molar-refractivity contribution in [2.45, 2.75) is 6.54 Å². The second kappa shape index (κ2) is 4.06. The second-order valence-corrected chi connectivity index (χ2v) is 3.94. The molecule has 0 radical (unpaired) electrons. The molecule has 2 N–H and O–H groups in total. The van der Waals surface area contributed by atoms with Crippen LogP contribution in [0.15, 0.2) is 36.8 Å². The fraction of sp³-hybridized carbons (Fsp3) is 0.0833. The highest BCUT2D eigenvalue weighted by Crippen LogP contribution is 2.17. The van der Waals surface area contributed by atoms with E-state index in [-0.39, 0.29) is 5.82 Å². The molecule has 3 aromatic rings. The smallest absolute Gasteiger partial charge is 0.184 e. The number of imidazole rings is 1. The number of fused-ring (bicyclic) bond motifs is 1. The number of hydrogen-bond donors (Lipinski definition) is 1. The van der Waals surface area contributed by atoms with Crippen LogP contribution in [0.4, 0.5) is 10.1 Å². The lowest BCUT2D eigenvalue weighted by Gasteiger charge is -2.04. The Morgan fingerprint density at radius 1 is 1.28 bits per heavy atom. The highest BCUT2D eigenvalue weighted by molar-refractivity contribution is 5.82. The third-order valence-corrected chi connectivity index (χ3v) is 2.73. The zero-order chi connectivity index (χ0) is 12.5. The van der Waals surface area contributed by atoms with E-state index in [0.29, 0.717) is 29.0 Å². The van der Waals surface area contributed by atoms with Crippen molar-refractivity contribution < 1.29 is 4.39 Å². The quantitative estimate of drug-likeness (QED) is 0.742. The van der Waals surface area contributed by atoms with Crippen LogP contribution in [0.25, 0.3) is 11.2 Å². The Morgan fingerprint density at radius 2 is 2.11 bits per heavy atom. The van der Waals surface area contributed by atoms with Crippen LogP contribution >= 0.6 is 0 Å². The van der Waals surface area contributed by atoms with Gasteiger partial charge in [0.1, 0.15) is 11.3 Å². The predicted octanol–water partition coefficient (Wildman–Crippen LogP) is 1.60. The molecule has 0 aliphatic heterocycles. The number of nitrogen functional groups attached to an aromatic ring is 1. The Labute approximate surface area is 102 Å². The number of rotatable bonds is 2. The van der Waals surface area contributed by atoms with Gasteiger partial charge in [0.2, 0.25) is 0 Å². The van der Waals surface area contributed by atoms with Crippen LogP contribution in [0.1, 0.15) is 5.56 Å². The summed E-state index contributed by atoms with van der Waals surface area (Å²) in [5.41, 5.74) is 7.91. The highest BCUT2D eigenvalue weighted by Gasteiger charge is 2.09. The average Bonchev–Trinajstić information content (AvgIpc) is 2.77. The molecule has 1 aromatic carbocycles. The van der Waals surface area contributed by atoms with Gasteiger partial charge in [0, 0.05) is 5.56 Å². The van der Waals surface area contributed by atoms with Crippen LogP contribution in [0.2, 0.25) is 0 Å². The van der Waals surface area contributed by atoms with Crippen molar-refractivity contribution in [3.05, 3.63) is 48.2 Å². The van der Waals surface area contributed by atoms with E-state index in [0.717, 1.165) is 0 Å². The molecule has 0 unspecified atom stereocenters. The van der Waals surface area contributed by atoms with Gasteiger partial charge in [-0.15, -0.1) is 5.10 Å². The molecular weight excluding hydrogens is 233 g/mol. The molecule has 18 heavy (non-hydrogen) atoms. The van der Waals surface area contributed by atoms with Gasteiger partial charge in [-0.05, 0) is 6.07 Å². The zero-order valence-electron chi connectivity index (χ0n) is 9.42. The lowest BCUT2D eigenvalue weighted by atomic mass is 10.2. The number of nitrogens with two attached hydrogens (primary N) is 1. The Balaban J connectivity index is 2.06. The molecule has 5 nitrogen and oxygen atoms in total. The van der Waals surface area contributed by atoms with E-state index in [1.165, 1.54) is 12.3 Å².